The lowest BCUT2D eigenvalue weighted by molar-refractivity contribution is 0.112. The molecule has 6 aromatic rings. The molecule has 0 radical (unpaired) electrons. The van der Waals surface area contributed by atoms with Gasteiger partial charge in [-0.3, -0.25) is 4.79 Å². The van der Waals surface area contributed by atoms with Crippen LogP contribution in [0.15, 0.2) is 127 Å². The topological polar surface area (TPSA) is 45.4 Å². The number of benzene rings is 4. The zero-order valence-electron chi connectivity index (χ0n) is 22.3. The van der Waals surface area contributed by atoms with E-state index in [0.29, 0.717) is 5.56 Å². The molecule has 0 spiro atoms. The SMILES string of the molecule is COc1ccc(-n2c(-c3ccccc3)ccc2-c2ccc(-c3ccc(C=O)cc3)n2-c2ccc(OC)cc2)cc1. The Kier molecular flexibility index (Phi) is 6.77. The molecule has 40 heavy (non-hydrogen) atoms. The van der Waals surface area contributed by atoms with Crippen molar-refractivity contribution in [3.8, 4) is 56.8 Å². The number of hydrogen-bond donors (Lipinski definition) is 0. The van der Waals surface area contributed by atoms with Gasteiger partial charge >= 0.3 is 0 Å². The van der Waals surface area contributed by atoms with Crippen LogP contribution in [-0.2, 0) is 0 Å². The monoisotopic (exact) mass is 524 g/mol. The number of carbonyl (C=O) groups excluding carboxylic acids is 1. The van der Waals surface area contributed by atoms with E-state index in [0.717, 1.165) is 63.1 Å². The molecule has 6 rings (SSSR count). The molecule has 0 aliphatic rings. The van der Waals surface area contributed by atoms with Gasteiger partial charge in [-0.1, -0.05) is 54.6 Å². The van der Waals surface area contributed by atoms with Gasteiger partial charge in [-0.25, -0.2) is 0 Å². The molecule has 5 nitrogen and oxygen atoms in total. The summed E-state index contributed by atoms with van der Waals surface area (Å²) in [6, 6.07) is 42.9. The van der Waals surface area contributed by atoms with Crippen molar-refractivity contribution in [3.05, 3.63) is 133 Å². The fraction of sp³-hybridized carbons (Fsp3) is 0.0571. The lowest BCUT2D eigenvalue weighted by atomic mass is 10.1. The van der Waals surface area contributed by atoms with E-state index in [1.54, 1.807) is 14.2 Å². The Labute approximate surface area is 233 Å². The van der Waals surface area contributed by atoms with Gasteiger partial charge < -0.3 is 18.6 Å². The Morgan fingerprint density at radius 3 is 1.32 bits per heavy atom. The minimum Gasteiger partial charge on any atom is -0.497 e. The maximum Gasteiger partial charge on any atom is 0.150 e. The average molecular weight is 525 g/mol. The van der Waals surface area contributed by atoms with Crippen LogP contribution in [0, 0.1) is 0 Å². The lowest BCUT2D eigenvalue weighted by Gasteiger charge is -2.18. The summed E-state index contributed by atoms with van der Waals surface area (Å²) in [5.74, 6) is 1.60. The van der Waals surface area contributed by atoms with Gasteiger partial charge in [0.2, 0.25) is 0 Å². The molecule has 4 aromatic carbocycles. The summed E-state index contributed by atoms with van der Waals surface area (Å²) in [7, 11) is 3.35. The van der Waals surface area contributed by atoms with Gasteiger partial charge in [-0.05, 0) is 83.9 Å². The van der Waals surface area contributed by atoms with E-state index in [9.17, 15) is 4.79 Å². The van der Waals surface area contributed by atoms with Crippen LogP contribution < -0.4 is 9.47 Å². The van der Waals surface area contributed by atoms with Gasteiger partial charge in [0.05, 0.1) is 37.0 Å². The Morgan fingerprint density at radius 2 is 0.900 bits per heavy atom. The van der Waals surface area contributed by atoms with Gasteiger partial charge in [0, 0.05) is 16.9 Å². The van der Waals surface area contributed by atoms with E-state index in [1.807, 2.05) is 54.6 Å². The van der Waals surface area contributed by atoms with E-state index < -0.39 is 0 Å². The third-order valence-corrected chi connectivity index (χ3v) is 7.10. The largest absolute Gasteiger partial charge is 0.497 e. The van der Waals surface area contributed by atoms with Crippen molar-refractivity contribution in [1.29, 1.82) is 0 Å². The van der Waals surface area contributed by atoms with Crippen LogP contribution >= 0.6 is 0 Å². The predicted octanol–water partition coefficient (Wildman–Crippen LogP) is 8.10. The summed E-state index contributed by atoms with van der Waals surface area (Å²) in [6.07, 6.45) is 0.866. The molecule has 2 aromatic heterocycles. The van der Waals surface area contributed by atoms with Gasteiger partial charge in [-0.15, -0.1) is 0 Å². The number of aromatic nitrogens is 2. The molecule has 0 saturated carbocycles. The maximum atomic E-state index is 11.3. The summed E-state index contributed by atoms with van der Waals surface area (Å²) in [5, 5.41) is 0. The second-order valence-corrected chi connectivity index (χ2v) is 9.38. The number of rotatable bonds is 8. The molecule has 0 unspecified atom stereocenters. The molecular formula is C35H28N2O3. The van der Waals surface area contributed by atoms with Gasteiger partial charge in [-0.2, -0.15) is 0 Å². The maximum absolute atomic E-state index is 11.3. The molecule has 0 N–H and O–H groups in total. The third-order valence-electron chi connectivity index (χ3n) is 7.10. The van der Waals surface area contributed by atoms with Crippen LogP contribution in [0.3, 0.4) is 0 Å². The average Bonchev–Trinajstić information content (AvgIpc) is 3.67. The zero-order valence-corrected chi connectivity index (χ0v) is 22.3. The Hall–Kier alpha value is -5.29. The fourth-order valence-electron chi connectivity index (χ4n) is 5.08. The molecule has 0 aliphatic heterocycles. The third kappa shape index (κ3) is 4.58. The first kappa shape index (κ1) is 25.0. The highest BCUT2D eigenvalue weighted by atomic mass is 16.5. The molecule has 196 valence electrons. The number of nitrogens with zero attached hydrogens (tertiary/aromatic N) is 2. The molecule has 0 atom stereocenters. The molecule has 0 aliphatic carbocycles. The molecule has 0 saturated heterocycles. The minimum absolute atomic E-state index is 0.646. The van der Waals surface area contributed by atoms with Gasteiger partial charge in [0.15, 0.2) is 0 Å². The van der Waals surface area contributed by atoms with E-state index >= 15 is 0 Å². The quantitative estimate of drug-likeness (QED) is 0.189. The van der Waals surface area contributed by atoms with Crippen LogP contribution in [0.25, 0.3) is 45.3 Å². The van der Waals surface area contributed by atoms with Crippen LogP contribution in [0.1, 0.15) is 10.4 Å². The number of ether oxygens (including phenoxy) is 2. The van der Waals surface area contributed by atoms with Crippen LogP contribution in [0.4, 0.5) is 0 Å². The Morgan fingerprint density at radius 1 is 0.475 bits per heavy atom. The Balaban J connectivity index is 1.60. The fourth-order valence-corrected chi connectivity index (χ4v) is 5.08. The van der Waals surface area contributed by atoms with Crippen molar-refractivity contribution in [2.24, 2.45) is 0 Å². The highest BCUT2D eigenvalue weighted by Gasteiger charge is 2.20. The van der Waals surface area contributed by atoms with Gasteiger partial charge in [0.25, 0.3) is 0 Å². The number of methoxy groups -OCH3 is 2. The molecule has 5 heteroatoms. The predicted molar refractivity (Wildman–Crippen MR) is 160 cm³/mol. The van der Waals surface area contributed by atoms with E-state index in [4.69, 9.17) is 9.47 Å². The van der Waals surface area contributed by atoms with Crippen LogP contribution in [0.2, 0.25) is 0 Å². The first-order valence-corrected chi connectivity index (χ1v) is 13.0. The summed E-state index contributed by atoms with van der Waals surface area (Å²) in [6.45, 7) is 0. The van der Waals surface area contributed by atoms with E-state index in [2.05, 4.69) is 81.9 Å². The van der Waals surface area contributed by atoms with E-state index in [1.165, 1.54) is 0 Å². The van der Waals surface area contributed by atoms with E-state index in [-0.39, 0.29) is 0 Å². The summed E-state index contributed by atoms with van der Waals surface area (Å²) >= 11 is 0. The molecule has 0 amide bonds. The second kappa shape index (κ2) is 10.8. The highest BCUT2D eigenvalue weighted by molar-refractivity contribution is 5.79. The van der Waals surface area contributed by atoms with Crippen molar-refractivity contribution in [3.63, 3.8) is 0 Å². The van der Waals surface area contributed by atoms with Crippen molar-refractivity contribution >= 4 is 6.29 Å². The number of hydrogen-bond acceptors (Lipinski definition) is 3. The highest BCUT2D eigenvalue weighted by Crippen LogP contribution is 2.38. The molecule has 0 bridgehead atoms. The van der Waals surface area contributed by atoms with Crippen molar-refractivity contribution in [2.45, 2.75) is 0 Å². The molecule has 2 heterocycles. The molecule has 0 fully saturated rings. The normalized spacial score (nSPS) is 10.8. The first-order chi connectivity index (χ1) is 19.7. The summed E-state index contributed by atoms with van der Waals surface area (Å²) < 4.78 is 15.4. The van der Waals surface area contributed by atoms with Crippen LogP contribution in [0.5, 0.6) is 11.5 Å². The Bertz CT molecular complexity index is 1750. The van der Waals surface area contributed by atoms with Crippen molar-refractivity contribution in [1.82, 2.24) is 9.13 Å². The summed E-state index contributed by atoms with van der Waals surface area (Å²) in [4.78, 5) is 11.3. The van der Waals surface area contributed by atoms with Crippen LogP contribution in [-0.4, -0.2) is 29.6 Å². The minimum atomic E-state index is 0.646. The van der Waals surface area contributed by atoms with Crippen molar-refractivity contribution < 1.29 is 14.3 Å². The second-order valence-electron chi connectivity index (χ2n) is 9.38. The van der Waals surface area contributed by atoms with Crippen molar-refractivity contribution in [2.75, 3.05) is 14.2 Å². The standard InChI is InChI=1S/C35H28N2O3/c1-39-30-16-12-28(13-17-30)36-32(26-6-4-3-5-7-26)20-22-34(36)35-23-21-33(27-10-8-25(24-38)9-11-27)37(35)29-14-18-31(40-2)19-15-29/h3-24H,1-2H3. The smallest absolute Gasteiger partial charge is 0.150 e. The lowest BCUT2D eigenvalue weighted by Crippen LogP contribution is -2.04. The number of carbonyl (C=O) groups is 1. The first-order valence-electron chi connectivity index (χ1n) is 13.0. The number of aldehydes is 1. The summed E-state index contributed by atoms with van der Waals surface area (Å²) in [5.41, 5.74) is 8.97. The molecular weight excluding hydrogens is 496 g/mol. The van der Waals surface area contributed by atoms with Gasteiger partial charge in [0.1, 0.15) is 17.8 Å². The zero-order chi connectivity index (χ0) is 27.5.